The van der Waals surface area contributed by atoms with Crippen molar-refractivity contribution in [1.29, 1.82) is 0 Å². The molecule has 1 aromatic carbocycles. The van der Waals surface area contributed by atoms with E-state index in [2.05, 4.69) is 18.3 Å². The van der Waals surface area contributed by atoms with Crippen LogP contribution < -0.4 is 5.32 Å². The fourth-order valence-electron chi connectivity index (χ4n) is 3.03. The van der Waals surface area contributed by atoms with E-state index in [-0.39, 0.29) is 17.9 Å². The lowest BCUT2D eigenvalue weighted by atomic mass is 10.0. The first-order chi connectivity index (χ1) is 9.20. The van der Waals surface area contributed by atoms with Gasteiger partial charge in [-0.15, -0.1) is 0 Å². The first kappa shape index (κ1) is 12.2. The fourth-order valence-corrected chi connectivity index (χ4v) is 3.03. The van der Waals surface area contributed by atoms with Gasteiger partial charge in [0.15, 0.2) is 0 Å². The summed E-state index contributed by atoms with van der Waals surface area (Å²) >= 11 is 0. The number of amides is 2. The first-order valence-electron chi connectivity index (χ1n) is 6.89. The number of hydrogen-bond acceptors (Lipinski definition) is 2. The topological polar surface area (TPSA) is 49.4 Å². The molecule has 4 heteroatoms. The van der Waals surface area contributed by atoms with Gasteiger partial charge in [0, 0.05) is 25.1 Å². The second kappa shape index (κ2) is 4.68. The lowest BCUT2D eigenvalue weighted by molar-refractivity contribution is -0.123. The third-order valence-corrected chi connectivity index (χ3v) is 4.15. The van der Waals surface area contributed by atoms with Crippen LogP contribution in [-0.2, 0) is 17.8 Å². The molecule has 0 radical (unpaired) electrons. The van der Waals surface area contributed by atoms with Crippen molar-refractivity contribution in [3.8, 4) is 0 Å². The van der Waals surface area contributed by atoms with Gasteiger partial charge < -0.3 is 10.2 Å². The van der Waals surface area contributed by atoms with E-state index in [0.29, 0.717) is 19.5 Å². The molecule has 1 N–H and O–H groups in total. The summed E-state index contributed by atoms with van der Waals surface area (Å²) in [5.74, 6) is 0.209. The van der Waals surface area contributed by atoms with E-state index in [4.69, 9.17) is 0 Å². The highest BCUT2D eigenvalue weighted by atomic mass is 16.2. The summed E-state index contributed by atoms with van der Waals surface area (Å²) in [5.41, 5.74) is 3.27. The van der Waals surface area contributed by atoms with Crippen molar-refractivity contribution in [3.63, 3.8) is 0 Å². The van der Waals surface area contributed by atoms with E-state index in [1.165, 1.54) is 11.1 Å². The molecule has 3 rings (SSSR count). The van der Waals surface area contributed by atoms with Crippen molar-refractivity contribution in [2.75, 3.05) is 6.54 Å². The third kappa shape index (κ3) is 2.01. The van der Waals surface area contributed by atoms with Crippen LogP contribution in [0.2, 0.25) is 0 Å². The van der Waals surface area contributed by atoms with Gasteiger partial charge in [-0.1, -0.05) is 19.1 Å². The predicted molar refractivity (Wildman–Crippen MR) is 71.7 cm³/mol. The van der Waals surface area contributed by atoms with E-state index in [9.17, 15) is 9.59 Å². The number of nitrogens with one attached hydrogen (secondary N) is 1. The van der Waals surface area contributed by atoms with Gasteiger partial charge >= 0.3 is 0 Å². The van der Waals surface area contributed by atoms with Gasteiger partial charge in [-0.2, -0.15) is 0 Å². The first-order valence-corrected chi connectivity index (χ1v) is 6.89. The highest BCUT2D eigenvalue weighted by Gasteiger charge is 2.35. The van der Waals surface area contributed by atoms with Gasteiger partial charge in [-0.25, -0.2) is 0 Å². The summed E-state index contributed by atoms with van der Waals surface area (Å²) in [5, 5.41) is 2.85. The van der Waals surface area contributed by atoms with Crippen molar-refractivity contribution in [2.24, 2.45) is 0 Å². The van der Waals surface area contributed by atoms with Gasteiger partial charge in [-0.3, -0.25) is 9.59 Å². The molecule has 100 valence electrons. The lowest BCUT2D eigenvalue weighted by Crippen LogP contribution is -2.48. The monoisotopic (exact) mass is 258 g/mol. The van der Waals surface area contributed by atoms with Crippen molar-refractivity contribution in [3.05, 3.63) is 34.9 Å². The summed E-state index contributed by atoms with van der Waals surface area (Å²) < 4.78 is 0. The second-order valence-electron chi connectivity index (χ2n) is 5.23. The maximum atomic E-state index is 12.5. The molecule has 2 heterocycles. The average Bonchev–Trinajstić information content (AvgIpc) is 2.77. The fraction of sp³-hybridized carbons (Fsp3) is 0.467. The number of rotatable bonds is 2. The molecule has 4 nitrogen and oxygen atoms in total. The van der Waals surface area contributed by atoms with Crippen molar-refractivity contribution in [1.82, 2.24) is 10.2 Å². The molecule has 1 saturated heterocycles. The van der Waals surface area contributed by atoms with Crippen LogP contribution in [0.3, 0.4) is 0 Å². The number of carbonyl (C=O) groups excluding carboxylic acids is 2. The maximum Gasteiger partial charge on any atom is 0.254 e. The Morgan fingerprint density at radius 1 is 1.37 bits per heavy atom. The van der Waals surface area contributed by atoms with E-state index in [0.717, 1.165) is 18.4 Å². The van der Waals surface area contributed by atoms with E-state index >= 15 is 0 Å². The van der Waals surface area contributed by atoms with Gasteiger partial charge in [0.2, 0.25) is 5.91 Å². The third-order valence-electron chi connectivity index (χ3n) is 4.15. The molecule has 1 aromatic rings. The number of nitrogens with zero attached hydrogens (tertiary/aromatic N) is 1. The van der Waals surface area contributed by atoms with Gasteiger partial charge in [0.05, 0.1) is 6.04 Å². The molecule has 0 saturated carbocycles. The van der Waals surface area contributed by atoms with Crippen LogP contribution in [0.1, 0.15) is 41.3 Å². The molecule has 1 unspecified atom stereocenters. The molecular formula is C15H18N2O2. The minimum Gasteiger partial charge on any atom is -0.354 e. The molecule has 1 atom stereocenters. The number of aryl methyl sites for hydroxylation is 1. The Labute approximate surface area is 112 Å². The van der Waals surface area contributed by atoms with Crippen molar-refractivity contribution < 1.29 is 9.59 Å². The number of benzene rings is 1. The lowest BCUT2D eigenvalue weighted by Gasteiger charge is -2.31. The van der Waals surface area contributed by atoms with Crippen LogP contribution in [0.15, 0.2) is 18.2 Å². The minimum absolute atomic E-state index is 0.0923. The Bertz CT molecular complexity index is 529. The summed E-state index contributed by atoms with van der Waals surface area (Å²) in [4.78, 5) is 25.6. The molecular weight excluding hydrogens is 240 g/mol. The number of piperidine rings is 1. The van der Waals surface area contributed by atoms with Crippen LogP contribution >= 0.6 is 0 Å². The Balaban J connectivity index is 1.85. The van der Waals surface area contributed by atoms with Crippen LogP contribution in [0.4, 0.5) is 0 Å². The molecule has 2 aliphatic heterocycles. The minimum atomic E-state index is 0.0923. The Hall–Kier alpha value is -1.84. The van der Waals surface area contributed by atoms with Crippen molar-refractivity contribution in [2.45, 2.75) is 38.8 Å². The van der Waals surface area contributed by atoms with Crippen LogP contribution in [-0.4, -0.2) is 29.3 Å². The molecule has 0 bridgehead atoms. The SMILES string of the molecule is CCc1cccc2c1CN(C1CCC(=O)NC1)C2=O. The van der Waals surface area contributed by atoms with Crippen molar-refractivity contribution >= 4 is 11.8 Å². The molecule has 2 aliphatic rings. The molecule has 0 aliphatic carbocycles. The van der Waals surface area contributed by atoms with Gasteiger partial charge in [-0.05, 0) is 30.0 Å². The molecule has 1 fully saturated rings. The molecule has 0 aromatic heterocycles. The van der Waals surface area contributed by atoms with E-state index in [1.54, 1.807) is 0 Å². The quantitative estimate of drug-likeness (QED) is 0.873. The average molecular weight is 258 g/mol. The maximum absolute atomic E-state index is 12.5. The summed E-state index contributed by atoms with van der Waals surface area (Å²) in [6, 6.07) is 6.11. The Morgan fingerprint density at radius 2 is 2.21 bits per heavy atom. The standard InChI is InChI=1S/C15H18N2O2/c1-2-10-4-3-5-12-13(10)9-17(15(12)19)11-6-7-14(18)16-8-11/h3-5,11H,2,6-9H2,1H3,(H,16,18). The highest BCUT2D eigenvalue weighted by molar-refractivity contribution is 5.99. The largest absolute Gasteiger partial charge is 0.354 e. The summed E-state index contributed by atoms with van der Waals surface area (Å²) in [6.07, 6.45) is 2.24. The Morgan fingerprint density at radius 3 is 2.89 bits per heavy atom. The van der Waals surface area contributed by atoms with Crippen LogP contribution in [0.25, 0.3) is 0 Å². The number of fused-ring (bicyclic) bond motifs is 1. The molecule has 0 spiro atoms. The predicted octanol–water partition coefficient (Wildman–Crippen LogP) is 1.48. The normalized spacial score (nSPS) is 22.4. The van der Waals surface area contributed by atoms with Crippen LogP contribution in [0, 0.1) is 0 Å². The zero-order chi connectivity index (χ0) is 13.4. The number of hydrogen-bond donors (Lipinski definition) is 1. The van der Waals surface area contributed by atoms with Gasteiger partial charge in [0.1, 0.15) is 0 Å². The second-order valence-corrected chi connectivity index (χ2v) is 5.23. The molecule has 2 amide bonds. The van der Waals surface area contributed by atoms with Crippen LogP contribution in [0.5, 0.6) is 0 Å². The zero-order valence-corrected chi connectivity index (χ0v) is 11.1. The smallest absolute Gasteiger partial charge is 0.254 e. The summed E-state index contributed by atoms with van der Waals surface area (Å²) in [6.45, 7) is 3.39. The Kier molecular flexibility index (Phi) is 3.01. The molecule has 19 heavy (non-hydrogen) atoms. The zero-order valence-electron chi connectivity index (χ0n) is 11.1. The van der Waals surface area contributed by atoms with E-state index < -0.39 is 0 Å². The highest BCUT2D eigenvalue weighted by Crippen LogP contribution is 2.29. The van der Waals surface area contributed by atoms with Gasteiger partial charge in [0.25, 0.3) is 5.91 Å². The van der Waals surface area contributed by atoms with E-state index in [1.807, 2.05) is 17.0 Å². The number of carbonyl (C=O) groups is 2. The summed E-state index contributed by atoms with van der Waals surface area (Å²) in [7, 11) is 0.